The fraction of sp³-hybridized carbons (Fsp3) is 0.120. The summed E-state index contributed by atoms with van der Waals surface area (Å²) in [4.78, 5) is 19.4. The number of carbonyl (C=O) groups excluding carboxylic acids is 1. The number of aromatic nitrogens is 1. The van der Waals surface area contributed by atoms with Crippen molar-refractivity contribution in [2.45, 2.75) is 6.92 Å². The minimum absolute atomic E-state index is 0.115. The van der Waals surface area contributed by atoms with E-state index >= 15 is 0 Å². The maximum Gasteiger partial charge on any atom is 0.263 e. The molecule has 156 valence electrons. The molecule has 0 radical (unpaired) electrons. The maximum atomic E-state index is 13.4. The molecule has 4 rings (SSSR count). The predicted molar refractivity (Wildman–Crippen MR) is 126 cm³/mol. The van der Waals surface area contributed by atoms with Crippen LogP contribution in [0, 0.1) is 0 Å². The third-order valence-electron chi connectivity index (χ3n) is 4.82. The molecule has 0 unspecified atom stereocenters. The molecule has 0 N–H and O–H groups in total. The number of nitrogens with zero attached hydrogens (tertiary/aromatic N) is 2. The summed E-state index contributed by atoms with van der Waals surface area (Å²) in [5.74, 6) is 1.15. The summed E-state index contributed by atoms with van der Waals surface area (Å²) in [7, 11) is 1.56. The molecule has 1 aromatic heterocycles. The lowest BCUT2D eigenvalue weighted by Crippen LogP contribution is -2.25. The highest BCUT2D eigenvalue weighted by Gasteiger charge is 2.30. The second kappa shape index (κ2) is 9.18. The fourth-order valence-corrected chi connectivity index (χ4v) is 3.89. The molecule has 3 aromatic rings. The Morgan fingerprint density at radius 2 is 1.90 bits per heavy atom. The van der Waals surface area contributed by atoms with Crippen molar-refractivity contribution in [3.8, 4) is 11.6 Å². The lowest BCUT2D eigenvalue weighted by molar-refractivity contribution is -0.113. The molecule has 2 heterocycles. The Morgan fingerprint density at radius 3 is 2.55 bits per heavy atom. The number of pyridine rings is 1. The average Bonchev–Trinajstić information content (AvgIpc) is 3.12. The SMILES string of the molecule is CCOc1ccc(/C=C2\C=C(c3ccccc3)N(c3ccc(OC)nc3)C2=O)cc1Br. The number of carbonyl (C=O) groups is 1. The zero-order valence-electron chi connectivity index (χ0n) is 17.2. The summed E-state index contributed by atoms with van der Waals surface area (Å²) in [6.07, 6.45) is 5.43. The van der Waals surface area contributed by atoms with Gasteiger partial charge in [0, 0.05) is 11.6 Å². The first-order valence-corrected chi connectivity index (χ1v) is 10.7. The van der Waals surface area contributed by atoms with Crippen LogP contribution < -0.4 is 14.4 Å². The normalized spacial score (nSPS) is 14.7. The lowest BCUT2D eigenvalue weighted by atomic mass is 10.1. The van der Waals surface area contributed by atoms with Crippen molar-refractivity contribution in [1.29, 1.82) is 0 Å². The van der Waals surface area contributed by atoms with Crippen molar-refractivity contribution < 1.29 is 14.3 Å². The van der Waals surface area contributed by atoms with Crippen LogP contribution in [0.5, 0.6) is 11.6 Å². The van der Waals surface area contributed by atoms with E-state index in [1.54, 1.807) is 24.3 Å². The zero-order valence-corrected chi connectivity index (χ0v) is 18.8. The van der Waals surface area contributed by atoms with Crippen LogP contribution in [-0.2, 0) is 4.79 Å². The second-order valence-corrected chi connectivity index (χ2v) is 7.67. The number of rotatable bonds is 6. The average molecular weight is 477 g/mol. The molecular formula is C25H21BrN2O3. The van der Waals surface area contributed by atoms with Gasteiger partial charge in [-0.15, -0.1) is 0 Å². The minimum Gasteiger partial charge on any atom is -0.493 e. The Labute approximate surface area is 189 Å². The standard InChI is InChI=1S/C25H21BrN2O3/c1-3-31-23-11-9-17(14-21(23)26)13-19-15-22(18-7-5-4-6-8-18)28(25(19)29)20-10-12-24(30-2)27-16-20/h4-16H,3H2,1-2H3/b19-13+. The summed E-state index contributed by atoms with van der Waals surface area (Å²) in [6, 6.07) is 19.2. The Morgan fingerprint density at radius 1 is 1.10 bits per heavy atom. The van der Waals surface area contributed by atoms with E-state index in [9.17, 15) is 4.79 Å². The van der Waals surface area contributed by atoms with Gasteiger partial charge in [-0.1, -0.05) is 36.4 Å². The number of methoxy groups -OCH3 is 1. The molecule has 2 aromatic carbocycles. The first-order valence-electron chi connectivity index (χ1n) is 9.86. The van der Waals surface area contributed by atoms with E-state index in [4.69, 9.17) is 9.47 Å². The highest BCUT2D eigenvalue weighted by molar-refractivity contribution is 9.10. The number of amides is 1. The molecule has 31 heavy (non-hydrogen) atoms. The Kier molecular flexibility index (Phi) is 6.18. The van der Waals surface area contributed by atoms with E-state index in [1.165, 1.54) is 0 Å². The summed E-state index contributed by atoms with van der Waals surface area (Å²) in [5.41, 5.74) is 3.91. The van der Waals surface area contributed by atoms with Crippen LogP contribution >= 0.6 is 15.9 Å². The number of halogens is 1. The number of ether oxygens (including phenoxy) is 2. The van der Waals surface area contributed by atoms with E-state index in [0.717, 1.165) is 27.0 Å². The van der Waals surface area contributed by atoms with Gasteiger partial charge in [-0.3, -0.25) is 9.69 Å². The van der Waals surface area contributed by atoms with Crippen LogP contribution in [0.3, 0.4) is 0 Å². The number of anilines is 1. The van der Waals surface area contributed by atoms with Gasteiger partial charge < -0.3 is 9.47 Å². The van der Waals surface area contributed by atoms with Gasteiger partial charge >= 0.3 is 0 Å². The van der Waals surface area contributed by atoms with Gasteiger partial charge in [0.2, 0.25) is 5.88 Å². The highest BCUT2D eigenvalue weighted by Crippen LogP contribution is 2.36. The van der Waals surface area contributed by atoms with Gasteiger partial charge in [0.25, 0.3) is 5.91 Å². The summed E-state index contributed by atoms with van der Waals surface area (Å²) in [6.45, 7) is 2.53. The Balaban J connectivity index is 1.75. The smallest absolute Gasteiger partial charge is 0.263 e. The minimum atomic E-state index is -0.115. The van der Waals surface area contributed by atoms with Gasteiger partial charge in [-0.25, -0.2) is 4.98 Å². The molecule has 1 aliphatic rings. The van der Waals surface area contributed by atoms with Crippen LogP contribution in [0.1, 0.15) is 18.1 Å². The van der Waals surface area contributed by atoms with Crippen molar-refractivity contribution in [3.63, 3.8) is 0 Å². The zero-order chi connectivity index (χ0) is 21.8. The molecule has 0 bridgehead atoms. The largest absolute Gasteiger partial charge is 0.493 e. The summed E-state index contributed by atoms with van der Waals surface area (Å²) < 4.78 is 11.6. The van der Waals surface area contributed by atoms with Crippen LogP contribution in [-0.4, -0.2) is 24.6 Å². The lowest BCUT2D eigenvalue weighted by Gasteiger charge is -2.20. The Bertz CT molecular complexity index is 1160. The number of hydrogen-bond acceptors (Lipinski definition) is 4. The molecule has 1 aliphatic heterocycles. The molecule has 0 aliphatic carbocycles. The van der Waals surface area contributed by atoms with E-state index in [2.05, 4.69) is 20.9 Å². The summed E-state index contributed by atoms with van der Waals surface area (Å²) >= 11 is 3.54. The summed E-state index contributed by atoms with van der Waals surface area (Å²) in [5, 5.41) is 0. The van der Waals surface area contributed by atoms with Crippen molar-refractivity contribution in [2.24, 2.45) is 0 Å². The molecule has 0 spiro atoms. The van der Waals surface area contributed by atoms with Gasteiger partial charge in [0.1, 0.15) is 5.75 Å². The molecule has 0 fully saturated rings. The van der Waals surface area contributed by atoms with Crippen LogP contribution in [0.15, 0.2) is 83.0 Å². The fourth-order valence-electron chi connectivity index (χ4n) is 3.38. The van der Waals surface area contributed by atoms with E-state index in [-0.39, 0.29) is 5.91 Å². The van der Waals surface area contributed by atoms with E-state index in [0.29, 0.717) is 23.7 Å². The van der Waals surface area contributed by atoms with Crippen LogP contribution in [0.2, 0.25) is 0 Å². The van der Waals surface area contributed by atoms with Gasteiger partial charge in [-0.05, 0) is 64.3 Å². The first-order chi connectivity index (χ1) is 15.1. The van der Waals surface area contributed by atoms with E-state index in [1.807, 2.05) is 73.7 Å². The molecule has 0 atom stereocenters. The molecular weight excluding hydrogens is 456 g/mol. The molecule has 0 saturated heterocycles. The van der Waals surface area contributed by atoms with Crippen molar-refractivity contribution in [3.05, 3.63) is 94.1 Å². The quantitative estimate of drug-likeness (QED) is 0.426. The maximum absolute atomic E-state index is 13.4. The number of benzene rings is 2. The second-order valence-electron chi connectivity index (χ2n) is 6.82. The van der Waals surface area contributed by atoms with Crippen molar-refractivity contribution in [1.82, 2.24) is 4.98 Å². The first kappa shape index (κ1) is 20.9. The van der Waals surface area contributed by atoms with Crippen molar-refractivity contribution >= 4 is 39.3 Å². The third-order valence-corrected chi connectivity index (χ3v) is 5.44. The van der Waals surface area contributed by atoms with Crippen LogP contribution in [0.25, 0.3) is 11.8 Å². The Hall–Kier alpha value is -3.38. The molecule has 0 saturated carbocycles. The highest BCUT2D eigenvalue weighted by atomic mass is 79.9. The topological polar surface area (TPSA) is 51.7 Å². The van der Waals surface area contributed by atoms with Gasteiger partial charge in [0.15, 0.2) is 0 Å². The van der Waals surface area contributed by atoms with Gasteiger partial charge in [0.05, 0.1) is 35.8 Å². The molecule has 6 heteroatoms. The predicted octanol–water partition coefficient (Wildman–Crippen LogP) is 5.72. The van der Waals surface area contributed by atoms with Crippen LogP contribution in [0.4, 0.5) is 5.69 Å². The molecule has 5 nitrogen and oxygen atoms in total. The third kappa shape index (κ3) is 4.39. The monoisotopic (exact) mass is 476 g/mol. The van der Waals surface area contributed by atoms with Gasteiger partial charge in [-0.2, -0.15) is 0 Å². The molecule has 1 amide bonds. The van der Waals surface area contributed by atoms with E-state index < -0.39 is 0 Å². The van der Waals surface area contributed by atoms with Crippen molar-refractivity contribution in [2.75, 3.05) is 18.6 Å². The number of hydrogen-bond donors (Lipinski definition) is 0.